The van der Waals surface area contributed by atoms with Crippen LogP contribution >= 0.6 is 23.4 Å². The third-order valence-corrected chi connectivity index (χ3v) is 4.54. The molecule has 2 aromatic carbocycles. The Morgan fingerprint density at radius 2 is 2.12 bits per heavy atom. The van der Waals surface area contributed by atoms with Gasteiger partial charge in [-0.25, -0.2) is 5.43 Å². The van der Waals surface area contributed by atoms with E-state index in [1.165, 1.54) is 0 Å². The summed E-state index contributed by atoms with van der Waals surface area (Å²) in [6.07, 6.45) is 1.94. The molecular weight excluding hydrogens is 368 g/mol. The predicted octanol–water partition coefficient (Wildman–Crippen LogP) is 4.93. The van der Waals surface area contributed by atoms with Gasteiger partial charge in [0.2, 0.25) is 5.91 Å². The number of amides is 1. The summed E-state index contributed by atoms with van der Waals surface area (Å²) >= 11 is 7.74. The molecule has 6 heteroatoms. The molecule has 0 saturated heterocycles. The van der Waals surface area contributed by atoms with Crippen LogP contribution in [-0.2, 0) is 11.2 Å². The van der Waals surface area contributed by atoms with Crippen LogP contribution in [0.4, 0.5) is 0 Å². The van der Waals surface area contributed by atoms with Gasteiger partial charge in [-0.15, -0.1) is 11.8 Å². The van der Waals surface area contributed by atoms with E-state index in [0.717, 1.165) is 27.5 Å². The Morgan fingerprint density at radius 3 is 2.85 bits per heavy atom. The van der Waals surface area contributed by atoms with Crippen molar-refractivity contribution in [2.45, 2.75) is 38.2 Å². The molecule has 138 valence electrons. The molecule has 2 rings (SSSR count). The topological polar surface area (TPSA) is 50.7 Å². The van der Waals surface area contributed by atoms with Gasteiger partial charge in [-0.2, -0.15) is 5.10 Å². The highest BCUT2D eigenvalue weighted by atomic mass is 35.5. The van der Waals surface area contributed by atoms with Gasteiger partial charge in [0.1, 0.15) is 5.75 Å². The average Bonchev–Trinajstić information content (AvgIpc) is 2.57. The van der Waals surface area contributed by atoms with Crippen LogP contribution in [0.2, 0.25) is 5.02 Å². The lowest BCUT2D eigenvalue weighted by molar-refractivity contribution is -0.120. The third-order valence-electron chi connectivity index (χ3n) is 3.31. The Hall–Kier alpha value is -1.98. The zero-order valence-electron chi connectivity index (χ0n) is 15.2. The van der Waals surface area contributed by atoms with Crippen LogP contribution in [0.3, 0.4) is 0 Å². The van der Waals surface area contributed by atoms with Crippen molar-refractivity contribution in [3.05, 3.63) is 58.6 Å². The minimum atomic E-state index is -0.184. The van der Waals surface area contributed by atoms with E-state index in [2.05, 4.69) is 17.5 Å². The maximum Gasteiger partial charge on any atom is 0.244 e. The molecule has 0 heterocycles. The van der Waals surface area contributed by atoms with Crippen molar-refractivity contribution < 1.29 is 9.53 Å². The molecule has 0 fully saturated rings. The number of hydrazone groups is 1. The summed E-state index contributed by atoms with van der Waals surface area (Å²) in [5.41, 5.74) is 4.33. The summed E-state index contributed by atoms with van der Waals surface area (Å²) in [7, 11) is 0. The fourth-order valence-electron chi connectivity index (χ4n) is 2.31. The molecule has 0 unspecified atom stereocenters. The molecule has 0 radical (unpaired) electrons. The van der Waals surface area contributed by atoms with Gasteiger partial charge in [0.25, 0.3) is 0 Å². The van der Waals surface area contributed by atoms with Crippen LogP contribution in [0.1, 0.15) is 31.9 Å². The average molecular weight is 391 g/mol. The highest BCUT2D eigenvalue weighted by Crippen LogP contribution is 2.26. The number of ether oxygens (including phenoxy) is 1. The molecule has 0 saturated carbocycles. The Morgan fingerprint density at radius 1 is 1.31 bits per heavy atom. The predicted molar refractivity (Wildman–Crippen MR) is 109 cm³/mol. The molecule has 1 N–H and O–H groups in total. The second kappa shape index (κ2) is 10.2. The first kappa shape index (κ1) is 20.3. The minimum Gasteiger partial charge on any atom is -0.491 e. The Kier molecular flexibility index (Phi) is 8.01. The first-order valence-corrected chi connectivity index (χ1v) is 9.84. The standard InChI is InChI=1S/C20H23ClN2O2S/c1-4-26-19-9-8-17(21)11-16(19)12-20(24)23-22-13-15-6-5-7-18(10-15)25-14(2)3/h5-11,13-14H,4,12H2,1-3H3,(H,23,24)/b22-13-. The lowest BCUT2D eigenvalue weighted by atomic mass is 10.1. The van der Waals surface area contributed by atoms with Gasteiger partial charge in [-0.05, 0) is 61.1 Å². The highest BCUT2D eigenvalue weighted by Gasteiger charge is 2.08. The van der Waals surface area contributed by atoms with Gasteiger partial charge in [0.15, 0.2) is 0 Å². The van der Waals surface area contributed by atoms with Crippen molar-refractivity contribution in [2.75, 3.05) is 5.75 Å². The highest BCUT2D eigenvalue weighted by molar-refractivity contribution is 7.99. The summed E-state index contributed by atoms with van der Waals surface area (Å²) < 4.78 is 5.64. The SMILES string of the molecule is CCSc1ccc(Cl)cc1CC(=O)N/N=C\c1cccc(OC(C)C)c1. The Bertz CT molecular complexity index is 778. The van der Waals surface area contributed by atoms with Crippen molar-refractivity contribution in [1.82, 2.24) is 5.43 Å². The number of carbonyl (C=O) groups excluding carboxylic acids is 1. The quantitative estimate of drug-likeness (QED) is 0.395. The van der Waals surface area contributed by atoms with Gasteiger partial charge in [0, 0.05) is 9.92 Å². The molecule has 0 aromatic heterocycles. The van der Waals surface area contributed by atoms with Crippen LogP contribution < -0.4 is 10.2 Å². The van der Waals surface area contributed by atoms with Crippen LogP contribution in [0.15, 0.2) is 52.5 Å². The first-order valence-electron chi connectivity index (χ1n) is 8.47. The normalized spacial score (nSPS) is 11.1. The van der Waals surface area contributed by atoms with Crippen LogP contribution in [-0.4, -0.2) is 24.0 Å². The maximum atomic E-state index is 12.2. The number of carbonyl (C=O) groups is 1. The number of nitrogens with one attached hydrogen (secondary N) is 1. The van der Waals surface area contributed by atoms with E-state index in [0.29, 0.717) is 5.02 Å². The lowest BCUT2D eigenvalue weighted by Crippen LogP contribution is -2.20. The van der Waals surface area contributed by atoms with Crippen molar-refractivity contribution in [3.63, 3.8) is 0 Å². The van der Waals surface area contributed by atoms with E-state index in [-0.39, 0.29) is 18.4 Å². The molecule has 0 atom stereocenters. The van der Waals surface area contributed by atoms with Gasteiger partial charge >= 0.3 is 0 Å². The van der Waals surface area contributed by atoms with Crippen molar-refractivity contribution in [3.8, 4) is 5.75 Å². The molecule has 0 aliphatic rings. The Labute approximate surface area is 164 Å². The fourth-order valence-corrected chi connectivity index (χ4v) is 3.30. The number of halogens is 1. The van der Waals surface area contributed by atoms with Crippen LogP contribution in [0.5, 0.6) is 5.75 Å². The molecule has 26 heavy (non-hydrogen) atoms. The molecule has 1 amide bonds. The van der Waals surface area contributed by atoms with E-state index < -0.39 is 0 Å². The van der Waals surface area contributed by atoms with E-state index in [4.69, 9.17) is 16.3 Å². The van der Waals surface area contributed by atoms with Crippen LogP contribution in [0, 0.1) is 0 Å². The molecule has 4 nitrogen and oxygen atoms in total. The molecular formula is C20H23ClN2O2S. The monoisotopic (exact) mass is 390 g/mol. The zero-order valence-corrected chi connectivity index (χ0v) is 16.7. The fraction of sp³-hybridized carbons (Fsp3) is 0.300. The van der Waals surface area contributed by atoms with Crippen molar-refractivity contribution >= 4 is 35.5 Å². The van der Waals surface area contributed by atoms with Crippen molar-refractivity contribution in [1.29, 1.82) is 0 Å². The summed E-state index contributed by atoms with van der Waals surface area (Å²) in [6.45, 7) is 6.02. The van der Waals surface area contributed by atoms with E-state index in [9.17, 15) is 4.79 Å². The number of benzene rings is 2. The molecule has 0 aliphatic heterocycles. The maximum absolute atomic E-state index is 12.2. The zero-order chi connectivity index (χ0) is 18.9. The number of rotatable bonds is 8. The lowest BCUT2D eigenvalue weighted by Gasteiger charge is -2.09. The molecule has 2 aromatic rings. The summed E-state index contributed by atoms with van der Waals surface area (Å²) in [5.74, 6) is 1.52. The molecule has 0 spiro atoms. The van der Waals surface area contributed by atoms with Gasteiger partial charge in [-0.3, -0.25) is 4.79 Å². The van der Waals surface area contributed by atoms with Gasteiger partial charge in [-0.1, -0.05) is 30.7 Å². The summed E-state index contributed by atoms with van der Waals surface area (Å²) in [6, 6.07) is 13.2. The molecule has 0 bridgehead atoms. The van der Waals surface area contributed by atoms with E-state index >= 15 is 0 Å². The van der Waals surface area contributed by atoms with E-state index in [1.54, 1.807) is 18.0 Å². The largest absolute Gasteiger partial charge is 0.491 e. The molecule has 0 aliphatic carbocycles. The van der Waals surface area contributed by atoms with Gasteiger partial charge in [0.05, 0.1) is 18.7 Å². The van der Waals surface area contributed by atoms with Crippen LogP contribution in [0.25, 0.3) is 0 Å². The summed E-state index contributed by atoms with van der Waals surface area (Å²) in [5, 5.41) is 4.66. The Balaban J connectivity index is 1.97. The number of hydrogen-bond acceptors (Lipinski definition) is 4. The number of nitrogens with zero attached hydrogens (tertiary/aromatic N) is 1. The van der Waals surface area contributed by atoms with Gasteiger partial charge < -0.3 is 4.74 Å². The number of hydrogen-bond donors (Lipinski definition) is 1. The first-order chi connectivity index (χ1) is 12.5. The second-order valence-electron chi connectivity index (χ2n) is 5.89. The summed E-state index contributed by atoms with van der Waals surface area (Å²) in [4.78, 5) is 13.2. The minimum absolute atomic E-state index is 0.106. The van der Waals surface area contributed by atoms with E-state index in [1.807, 2.05) is 56.3 Å². The smallest absolute Gasteiger partial charge is 0.244 e. The third kappa shape index (κ3) is 6.73. The van der Waals surface area contributed by atoms with Crippen molar-refractivity contribution in [2.24, 2.45) is 5.10 Å². The number of thioether (sulfide) groups is 1. The second-order valence-corrected chi connectivity index (χ2v) is 7.64.